The van der Waals surface area contributed by atoms with Crippen molar-refractivity contribution in [3.05, 3.63) is 40.5 Å². The lowest BCUT2D eigenvalue weighted by molar-refractivity contribution is 0.416. The molecule has 0 amide bonds. The van der Waals surface area contributed by atoms with E-state index in [4.69, 9.17) is 22.1 Å². The molecule has 1 heterocycles. The van der Waals surface area contributed by atoms with Gasteiger partial charge in [0.2, 0.25) is 0 Å². The molecule has 0 aliphatic carbocycles. The van der Waals surface area contributed by atoms with Gasteiger partial charge in [0.15, 0.2) is 5.82 Å². The summed E-state index contributed by atoms with van der Waals surface area (Å²) in [5, 5.41) is 3.83. The number of aryl methyl sites for hydroxylation is 2. The maximum Gasteiger partial charge on any atom is 0.153 e. The number of nitrogens with two attached hydrogens (primary N) is 1. The van der Waals surface area contributed by atoms with Crippen LogP contribution in [0.5, 0.6) is 5.75 Å². The fourth-order valence-corrected chi connectivity index (χ4v) is 1.91. The number of benzene rings is 1. The van der Waals surface area contributed by atoms with Crippen molar-refractivity contribution in [2.75, 3.05) is 18.2 Å². The van der Waals surface area contributed by atoms with Crippen LogP contribution in [0.25, 0.3) is 0 Å². The van der Waals surface area contributed by atoms with Crippen molar-refractivity contribution in [2.24, 2.45) is 0 Å². The van der Waals surface area contributed by atoms with E-state index in [1.165, 1.54) is 0 Å². The molecule has 0 spiro atoms. The Hall–Kier alpha value is -1.94. The number of nitrogens with one attached hydrogen (secondary N) is 1. The second-order valence-electron chi connectivity index (χ2n) is 4.38. The molecule has 0 fully saturated rings. The van der Waals surface area contributed by atoms with Gasteiger partial charge in [-0.2, -0.15) is 0 Å². The number of hydrogen-bond acceptors (Lipinski definition) is 4. The SMILES string of the molecule is COc1cc(Cl)c(C)cc1Nc1ncc(C)cc1N. The van der Waals surface area contributed by atoms with Crippen molar-refractivity contribution in [3.8, 4) is 5.75 Å². The third-order valence-electron chi connectivity index (χ3n) is 2.79. The quantitative estimate of drug-likeness (QED) is 0.898. The van der Waals surface area contributed by atoms with E-state index in [-0.39, 0.29) is 0 Å². The Morgan fingerprint density at radius 3 is 2.63 bits per heavy atom. The van der Waals surface area contributed by atoms with E-state index in [1.807, 2.05) is 26.0 Å². The zero-order valence-electron chi connectivity index (χ0n) is 11.1. The molecule has 4 nitrogen and oxygen atoms in total. The number of pyridine rings is 1. The third-order valence-corrected chi connectivity index (χ3v) is 3.19. The van der Waals surface area contributed by atoms with Crippen molar-refractivity contribution in [1.82, 2.24) is 4.98 Å². The second-order valence-corrected chi connectivity index (χ2v) is 4.78. The highest BCUT2D eigenvalue weighted by molar-refractivity contribution is 6.31. The summed E-state index contributed by atoms with van der Waals surface area (Å²) >= 11 is 6.07. The summed E-state index contributed by atoms with van der Waals surface area (Å²) in [5.41, 5.74) is 9.28. The van der Waals surface area contributed by atoms with Crippen LogP contribution in [-0.4, -0.2) is 12.1 Å². The van der Waals surface area contributed by atoms with E-state index < -0.39 is 0 Å². The predicted octanol–water partition coefficient (Wildman–Crippen LogP) is 3.69. The molecule has 0 radical (unpaired) electrons. The van der Waals surface area contributed by atoms with Gasteiger partial charge >= 0.3 is 0 Å². The third kappa shape index (κ3) is 2.90. The molecule has 0 bridgehead atoms. The molecule has 100 valence electrons. The largest absolute Gasteiger partial charge is 0.495 e. The van der Waals surface area contributed by atoms with Crippen LogP contribution in [0.2, 0.25) is 5.02 Å². The van der Waals surface area contributed by atoms with Gasteiger partial charge in [0.05, 0.1) is 18.5 Å². The summed E-state index contributed by atoms with van der Waals surface area (Å²) in [6, 6.07) is 5.54. The van der Waals surface area contributed by atoms with Crippen LogP contribution < -0.4 is 15.8 Å². The lowest BCUT2D eigenvalue weighted by atomic mass is 10.2. The smallest absolute Gasteiger partial charge is 0.153 e. The summed E-state index contributed by atoms with van der Waals surface area (Å²) in [5.74, 6) is 1.25. The molecule has 0 atom stereocenters. The van der Waals surface area contributed by atoms with E-state index in [0.29, 0.717) is 22.3 Å². The van der Waals surface area contributed by atoms with Crippen molar-refractivity contribution < 1.29 is 4.74 Å². The monoisotopic (exact) mass is 277 g/mol. The van der Waals surface area contributed by atoms with Crippen LogP contribution in [0.3, 0.4) is 0 Å². The van der Waals surface area contributed by atoms with E-state index in [1.54, 1.807) is 19.4 Å². The van der Waals surface area contributed by atoms with Gasteiger partial charge in [0.25, 0.3) is 0 Å². The van der Waals surface area contributed by atoms with Crippen molar-refractivity contribution in [3.63, 3.8) is 0 Å². The minimum Gasteiger partial charge on any atom is -0.495 e. The first-order valence-corrected chi connectivity index (χ1v) is 6.22. The molecule has 0 aliphatic rings. The Morgan fingerprint density at radius 1 is 1.26 bits per heavy atom. The number of aromatic nitrogens is 1. The molecule has 0 saturated carbocycles. The van der Waals surface area contributed by atoms with Gasteiger partial charge in [-0.15, -0.1) is 0 Å². The molecule has 19 heavy (non-hydrogen) atoms. The maximum absolute atomic E-state index is 6.07. The van der Waals surface area contributed by atoms with Gasteiger partial charge < -0.3 is 15.8 Å². The number of anilines is 3. The van der Waals surface area contributed by atoms with Gasteiger partial charge in [0, 0.05) is 17.3 Å². The Bertz CT molecular complexity index is 614. The van der Waals surface area contributed by atoms with Crippen LogP contribution in [-0.2, 0) is 0 Å². The fourth-order valence-electron chi connectivity index (χ4n) is 1.75. The highest BCUT2D eigenvalue weighted by Crippen LogP contribution is 2.33. The molecule has 1 aromatic heterocycles. The first kappa shape index (κ1) is 13.5. The summed E-state index contributed by atoms with van der Waals surface area (Å²) in [6.07, 6.45) is 1.76. The Balaban J connectivity index is 2.40. The van der Waals surface area contributed by atoms with Crippen molar-refractivity contribution in [2.45, 2.75) is 13.8 Å². The van der Waals surface area contributed by atoms with Crippen LogP contribution in [0.4, 0.5) is 17.2 Å². The molecular formula is C14H16ClN3O. The van der Waals surface area contributed by atoms with E-state index in [9.17, 15) is 0 Å². The highest BCUT2D eigenvalue weighted by Gasteiger charge is 2.09. The standard InChI is InChI=1S/C14H16ClN3O/c1-8-4-11(16)14(17-7-8)18-12-5-9(2)10(15)6-13(12)19-3/h4-7H,16H2,1-3H3,(H,17,18). The molecule has 2 rings (SSSR count). The topological polar surface area (TPSA) is 60.2 Å². The minimum atomic E-state index is 0.592. The van der Waals surface area contributed by atoms with E-state index >= 15 is 0 Å². The minimum absolute atomic E-state index is 0.592. The number of methoxy groups -OCH3 is 1. The average Bonchev–Trinajstić information content (AvgIpc) is 2.36. The number of hydrogen-bond donors (Lipinski definition) is 2. The number of nitrogen functional groups attached to an aromatic ring is 1. The van der Waals surface area contributed by atoms with Gasteiger partial charge in [-0.3, -0.25) is 0 Å². The van der Waals surface area contributed by atoms with Gasteiger partial charge in [-0.05, 0) is 37.1 Å². The first-order chi connectivity index (χ1) is 9.01. The molecular weight excluding hydrogens is 262 g/mol. The van der Waals surface area contributed by atoms with Crippen LogP contribution in [0, 0.1) is 13.8 Å². The lowest BCUT2D eigenvalue weighted by Crippen LogP contribution is -2.01. The number of nitrogens with zero attached hydrogens (tertiary/aromatic N) is 1. The first-order valence-electron chi connectivity index (χ1n) is 5.84. The summed E-state index contributed by atoms with van der Waals surface area (Å²) in [6.45, 7) is 3.87. The lowest BCUT2D eigenvalue weighted by Gasteiger charge is -2.14. The summed E-state index contributed by atoms with van der Waals surface area (Å²) in [4.78, 5) is 4.28. The average molecular weight is 278 g/mol. The molecule has 3 N–H and O–H groups in total. The zero-order chi connectivity index (χ0) is 14.0. The maximum atomic E-state index is 6.07. The second kappa shape index (κ2) is 5.36. The highest BCUT2D eigenvalue weighted by atomic mass is 35.5. The van der Waals surface area contributed by atoms with Crippen molar-refractivity contribution in [1.29, 1.82) is 0 Å². The summed E-state index contributed by atoms with van der Waals surface area (Å²) in [7, 11) is 1.60. The van der Waals surface area contributed by atoms with Crippen LogP contribution in [0.15, 0.2) is 24.4 Å². The van der Waals surface area contributed by atoms with E-state index in [0.717, 1.165) is 16.8 Å². The van der Waals surface area contributed by atoms with Crippen LogP contribution in [0.1, 0.15) is 11.1 Å². The molecule has 1 aromatic carbocycles. The van der Waals surface area contributed by atoms with E-state index in [2.05, 4.69) is 10.3 Å². The molecule has 0 unspecified atom stereocenters. The fraction of sp³-hybridized carbons (Fsp3) is 0.214. The zero-order valence-corrected chi connectivity index (χ0v) is 11.9. The Labute approximate surface area is 117 Å². The predicted molar refractivity (Wildman–Crippen MR) is 79.4 cm³/mol. The normalized spacial score (nSPS) is 10.3. The molecule has 2 aromatic rings. The number of halogens is 1. The Morgan fingerprint density at radius 2 is 2.00 bits per heavy atom. The van der Waals surface area contributed by atoms with Gasteiger partial charge in [0.1, 0.15) is 5.75 Å². The summed E-state index contributed by atoms with van der Waals surface area (Å²) < 4.78 is 5.30. The van der Waals surface area contributed by atoms with Gasteiger partial charge in [-0.25, -0.2) is 4.98 Å². The Kier molecular flexibility index (Phi) is 3.81. The van der Waals surface area contributed by atoms with Crippen molar-refractivity contribution >= 4 is 28.8 Å². The van der Waals surface area contributed by atoms with Gasteiger partial charge in [-0.1, -0.05) is 11.6 Å². The molecule has 5 heteroatoms. The molecule has 0 saturated heterocycles. The number of rotatable bonds is 3. The van der Waals surface area contributed by atoms with Crippen LogP contribution >= 0.6 is 11.6 Å². The molecule has 0 aliphatic heterocycles. The number of ether oxygens (including phenoxy) is 1.